The van der Waals surface area contributed by atoms with E-state index in [1.807, 2.05) is 12.4 Å². The van der Waals surface area contributed by atoms with Gasteiger partial charge in [-0.1, -0.05) is 18.2 Å². The molecule has 6 aromatic rings. The van der Waals surface area contributed by atoms with Gasteiger partial charge in [-0.3, -0.25) is 9.97 Å². The molecule has 4 heterocycles. The standard InChI is InChI=1S/C31H32N4O.ClH/c1-4-34-29-20-23(12-13-25(29)27-15-17-32-21(2)30(27)34)36-19-9-5-8-18-35-28-11-7-6-10-24(28)26-14-16-33-22(3)31(26)35;/h6-7,10-17,20H,4-5,8-9,18-19H2,1-3H3;1H. The third kappa shape index (κ3) is 4.31. The molecule has 0 N–H and O–H groups in total. The first-order valence-electron chi connectivity index (χ1n) is 13.0. The Labute approximate surface area is 223 Å². The minimum atomic E-state index is 0. The van der Waals surface area contributed by atoms with E-state index in [0.717, 1.165) is 56.1 Å². The molecule has 0 radical (unpaired) electrons. The third-order valence-electron chi connectivity index (χ3n) is 7.40. The molecule has 0 aliphatic heterocycles. The van der Waals surface area contributed by atoms with Crippen LogP contribution < -0.4 is 4.74 Å². The van der Waals surface area contributed by atoms with Gasteiger partial charge in [0.25, 0.3) is 0 Å². The van der Waals surface area contributed by atoms with Crippen molar-refractivity contribution in [2.24, 2.45) is 0 Å². The highest BCUT2D eigenvalue weighted by molar-refractivity contribution is 6.09. The van der Waals surface area contributed by atoms with Crippen molar-refractivity contribution in [3.8, 4) is 5.75 Å². The van der Waals surface area contributed by atoms with E-state index in [1.165, 1.54) is 43.6 Å². The van der Waals surface area contributed by atoms with E-state index in [9.17, 15) is 0 Å². The van der Waals surface area contributed by atoms with Crippen LogP contribution in [0.3, 0.4) is 0 Å². The van der Waals surface area contributed by atoms with Crippen LogP contribution in [0.1, 0.15) is 37.6 Å². The quantitative estimate of drug-likeness (QED) is 0.194. The molecule has 37 heavy (non-hydrogen) atoms. The van der Waals surface area contributed by atoms with Gasteiger partial charge in [0.1, 0.15) is 5.75 Å². The summed E-state index contributed by atoms with van der Waals surface area (Å²) in [7, 11) is 0. The van der Waals surface area contributed by atoms with E-state index in [-0.39, 0.29) is 12.4 Å². The Morgan fingerprint density at radius 1 is 0.703 bits per heavy atom. The first-order valence-corrected chi connectivity index (χ1v) is 13.0. The van der Waals surface area contributed by atoms with Crippen LogP contribution in [0.25, 0.3) is 43.6 Å². The summed E-state index contributed by atoms with van der Waals surface area (Å²) in [5.74, 6) is 0.940. The second kappa shape index (κ2) is 10.4. The van der Waals surface area contributed by atoms with E-state index in [2.05, 4.69) is 94.5 Å². The maximum Gasteiger partial charge on any atom is 0.121 e. The molecule has 0 aliphatic carbocycles. The Kier molecular flexibility index (Phi) is 7.07. The van der Waals surface area contributed by atoms with Gasteiger partial charge in [0.05, 0.1) is 34.5 Å². The second-order valence-electron chi connectivity index (χ2n) is 9.59. The minimum absolute atomic E-state index is 0. The molecule has 6 heteroatoms. The number of hydrogen-bond donors (Lipinski definition) is 0. The minimum Gasteiger partial charge on any atom is -0.494 e. The number of hydrogen-bond acceptors (Lipinski definition) is 3. The molecule has 0 amide bonds. The molecule has 0 spiro atoms. The number of para-hydroxylation sites is 1. The molecular weight excluding hydrogens is 480 g/mol. The second-order valence-corrected chi connectivity index (χ2v) is 9.59. The molecule has 5 nitrogen and oxygen atoms in total. The average molecular weight is 513 g/mol. The van der Waals surface area contributed by atoms with Gasteiger partial charge in [-0.25, -0.2) is 0 Å². The van der Waals surface area contributed by atoms with Gasteiger partial charge >= 0.3 is 0 Å². The van der Waals surface area contributed by atoms with Gasteiger partial charge in [-0.05, 0) is 70.4 Å². The zero-order valence-corrected chi connectivity index (χ0v) is 22.5. The zero-order chi connectivity index (χ0) is 24.6. The number of fused-ring (bicyclic) bond motifs is 6. The molecule has 0 saturated heterocycles. The van der Waals surface area contributed by atoms with Crippen molar-refractivity contribution in [3.63, 3.8) is 0 Å². The molecular formula is C31H33ClN4O. The summed E-state index contributed by atoms with van der Waals surface area (Å²) in [6.45, 7) is 9.01. The Balaban J connectivity index is 0.00000280. The van der Waals surface area contributed by atoms with Crippen molar-refractivity contribution in [1.82, 2.24) is 19.1 Å². The van der Waals surface area contributed by atoms with Crippen molar-refractivity contribution >= 4 is 56.0 Å². The van der Waals surface area contributed by atoms with Crippen molar-refractivity contribution < 1.29 is 4.74 Å². The molecule has 0 fully saturated rings. The Morgan fingerprint density at radius 2 is 1.38 bits per heavy atom. The predicted octanol–water partition coefficient (Wildman–Crippen LogP) is 8.00. The molecule has 0 unspecified atom stereocenters. The summed E-state index contributed by atoms with van der Waals surface area (Å²) in [5.41, 5.74) is 7.17. The van der Waals surface area contributed by atoms with Crippen LogP contribution in [0.2, 0.25) is 0 Å². The van der Waals surface area contributed by atoms with Gasteiger partial charge in [0.15, 0.2) is 0 Å². The summed E-state index contributed by atoms with van der Waals surface area (Å²) in [6, 6.07) is 19.4. The highest BCUT2D eigenvalue weighted by Crippen LogP contribution is 2.33. The summed E-state index contributed by atoms with van der Waals surface area (Å²) in [6.07, 6.45) is 7.09. The van der Waals surface area contributed by atoms with E-state index in [1.54, 1.807) is 0 Å². The van der Waals surface area contributed by atoms with E-state index in [0.29, 0.717) is 0 Å². The van der Waals surface area contributed by atoms with Crippen molar-refractivity contribution in [3.05, 3.63) is 78.4 Å². The molecule has 0 atom stereocenters. The molecule has 190 valence electrons. The molecule has 2 aromatic carbocycles. The lowest BCUT2D eigenvalue weighted by Gasteiger charge is -2.10. The van der Waals surface area contributed by atoms with Gasteiger partial charge in [-0.2, -0.15) is 0 Å². The predicted molar refractivity (Wildman–Crippen MR) is 156 cm³/mol. The SMILES string of the molecule is CCn1c2cc(OCCCCCn3c4ccccc4c4ccnc(C)c43)ccc2c2ccnc(C)c21.Cl. The maximum absolute atomic E-state index is 6.19. The monoisotopic (exact) mass is 512 g/mol. The van der Waals surface area contributed by atoms with Gasteiger partial charge < -0.3 is 13.9 Å². The number of nitrogens with zero attached hydrogens (tertiary/aromatic N) is 4. The smallest absolute Gasteiger partial charge is 0.121 e. The summed E-state index contributed by atoms with van der Waals surface area (Å²) in [5, 5.41) is 5.14. The lowest BCUT2D eigenvalue weighted by Crippen LogP contribution is -2.02. The fraction of sp³-hybridized carbons (Fsp3) is 0.290. The fourth-order valence-electron chi connectivity index (χ4n) is 5.76. The maximum atomic E-state index is 6.19. The highest BCUT2D eigenvalue weighted by atomic mass is 35.5. The number of halogens is 1. The number of benzene rings is 2. The number of rotatable bonds is 8. The topological polar surface area (TPSA) is 44.9 Å². The van der Waals surface area contributed by atoms with Gasteiger partial charge in [0, 0.05) is 58.6 Å². The highest BCUT2D eigenvalue weighted by Gasteiger charge is 2.14. The Bertz CT molecular complexity index is 1720. The number of aromatic nitrogens is 4. The van der Waals surface area contributed by atoms with Crippen molar-refractivity contribution in [2.45, 2.75) is 53.1 Å². The molecule has 0 saturated carbocycles. The Morgan fingerprint density at radius 3 is 2.11 bits per heavy atom. The number of aryl methyl sites for hydroxylation is 4. The number of unbranched alkanes of at least 4 members (excludes halogenated alkanes) is 2. The van der Waals surface area contributed by atoms with Gasteiger partial charge in [-0.15, -0.1) is 12.4 Å². The van der Waals surface area contributed by atoms with Crippen molar-refractivity contribution in [1.29, 1.82) is 0 Å². The number of pyridine rings is 2. The summed E-state index contributed by atoms with van der Waals surface area (Å²) >= 11 is 0. The largest absolute Gasteiger partial charge is 0.494 e. The zero-order valence-electron chi connectivity index (χ0n) is 21.7. The van der Waals surface area contributed by atoms with Gasteiger partial charge in [0.2, 0.25) is 0 Å². The molecule has 4 aromatic heterocycles. The normalized spacial score (nSPS) is 11.5. The van der Waals surface area contributed by atoms with E-state index < -0.39 is 0 Å². The number of ether oxygens (including phenoxy) is 1. The Hall–Kier alpha value is -3.57. The van der Waals surface area contributed by atoms with Crippen molar-refractivity contribution in [2.75, 3.05) is 6.61 Å². The van der Waals surface area contributed by atoms with Crippen LogP contribution >= 0.6 is 12.4 Å². The molecule has 0 aliphatic rings. The first-order chi connectivity index (χ1) is 17.7. The third-order valence-corrected chi connectivity index (χ3v) is 7.40. The summed E-state index contributed by atoms with van der Waals surface area (Å²) in [4.78, 5) is 9.07. The first kappa shape index (κ1) is 25.1. The van der Waals surface area contributed by atoms with Crippen LogP contribution in [0.4, 0.5) is 0 Å². The van der Waals surface area contributed by atoms with Crippen LogP contribution in [-0.4, -0.2) is 25.7 Å². The van der Waals surface area contributed by atoms with Crippen LogP contribution in [0.15, 0.2) is 67.0 Å². The molecule has 6 rings (SSSR count). The molecule has 0 bridgehead atoms. The lowest BCUT2D eigenvalue weighted by molar-refractivity contribution is 0.304. The van der Waals surface area contributed by atoms with Crippen LogP contribution in [-0.2, 0) is 13.1 Å². The van der Waals surface area contributed by atoms with E-state index >= 15 is 0 Å². The van der Waals surface area contributed by atoms with Crippen LogP contribution in [0.5, 0.6) is 5.75 Å². The fourth-order valence-corrected chi connectivity index (χ4v) is 5.76. The van der Waals surface area contributed by atoms with Crippen LogP contribution in [0, 0.1) is 13.8 Å². The summed E-state index contributed by atoms with van der Waals surface area (Å²) < 4.78 is 11.0. The van der Waals surface area contributed by atoms with E-state index in [4.69, 9.17) is 4.74 Å². The lowest BCUT2D eigenvalue weighted by atomic mass is 10.1. The average Bonchev–Trinajstić information content (AvgIpc) is 3.40.